The molecule has 7 nitrogen and oxygen atoms in total. The molecule has 0 spiro atoms. The standard InChI is InChI=1S/C17H17NO6S2/c1-23-14-5-4-10(6-15(14)24-2)13(9-26(3,21)22)18-16(19)11-7-25-8-12(11)17(18)20/h4-8,13H,9H2,1-3H3/t13-/m1/s1. The molecule has 138 valence electrons. The highest BCUT2D eigenvalue weighted by molar-refractivity contribution is 7.90. The lowest BCUT2D eigenvalue weighted by molar-refractivity contribution is 0.0597. The van der Waals surface area contributed by atoms with E-state index in [0.29, 0.717) is 28.2 Å². The van der Waals surface area contributed by atoms with Crippen LogP contribution in [0.15, 0.2) is 29.0 Å². The van der Waals surface area contributed by atoms with Gasteiger partial charge in [0.2, 0.25) is 0 Å². The Morgan fingerprint density at radius 1 is 1.04 bits per heavy atom. The number of benzene rings is 1. The second-order valence-corrected chi connectivity index (χ2v) is 8.83. The van der Waals surface area contributed by atoms with Crippen molar-refractivity contribution in [2.24, 2.45) is 0 Å². The topological polar surface area (TPSA) is 90.0 Å². The molecule has 2 amide bonds. The fourth-order valence-electron chi connectivity index (χ4n) is 2.93. The van der Waals surface area contributed by atoms with Crippen molar-refractivity contribution in [1.82, 2.24) is 4.90 Å². The van der Waals surface area contributed by atoms with Gasteiger partial charge >= 0.3 is 0 Å². The van der Waals surface area contributed by atoms with Crippen molar-refractivity contribution in [2.75, 3.05) is 26.2 Å². The first-order chi connectivity index (χ1) is 12.3. The van der Waals surface area contributed by atoms with Crippen LogP contribution in [0.1, 0.15) is 32.3 Å². The molecule has 0 N–H and O–H groups in total. The number of thiophene rings is 1. The van der Waals surface area contributed by atoms with Crippen molar-refractivity contribution in [2.45, 2.75) is 6.04 Å². The number of methoxy groups -OCH3 is 2. The van der Waals surface area contributed by atoms with Crippen LogP contribution in [-0.2, 0) is 9.84 Å². The number of amides is 2. The zero-order chi connectivity index (χ0) is 19.1. The van der Waals surface area contributed by atoms with Gasteiger partial charge in [-0.1, -0.05) is 6.07 Å². The summed E-state index contributed by atoms with van der Waals surface area (Å²) >= 11 is 1.26. The third kappa shape index (κ3) is 3.19. The van der Waals surface area contributed by atoms with Gasteiger partial charge in [0.05, 0.1) is 37.1 Å². The molecule has 0 fully saturated rings. The van der Waals surface area contributed by atoms with E-state index in [1.54, 1.807) is 29.0 Å². The minimum absolute atomic E-state index is 0.305. The van der Waals surface area contributed by atoms with E-state index in [2.05, 4.69) is 0 Å². The molecule has 1 aromatic carbocycles. The van der Waals surface area contributed by atoms with Crippen LogP contribution in [0.25, 0.3) is 0 Å². The van der Waals surface area contributed by atoms with Gasteiger partial charge in [0.15, 0.2) is 11.5 Å². The van der Waals surface area contributed by atoms with Crippen LogP contribution in [0.4, 0.5) is 0 Å². The molecule has 0 radical (unpaired) electrons. The number of carbonyl (C=O) groups is 2. The van der Waals surface area contributed by atoms with Gasteiger partial charge in [0, 0.05) is 17.0 Å². The summed E-state index contributed by atoms with van der Waals surface area (Å²) < 4.78 is 34.4. The zero-order valence-corrected chi connectivity index (χ0v) is 16.0. The van der Waals surface area contributed by atoms with Crippen molar-refractivity contribution in [3.8, 4) is 11.5 Å². The second kappa shape index (κ2) is 6.73. The summed E-state index contributed by atoms with van der Waals surface area (Å²) in [4.78, 5) is 26.4. The highest BCUT2D eigenvalue weighted by Gasteiger charge is 2.42. The summed E-state index contributed by atoms with van der Waals surface area (Å²) in [6, 6.07) is 3.87. The molecule has 0 unspecified atom stereocenters. The van der Waals surface area contributed by atoms with Gasteiger partial charge in [-0.3, -0.25) is 14.5 Å². The predicted octanol–water partition coefficient (Wildman–Crippen LogP) is 2.15. The Morgan fingerprint density at radius 2 is 1.62 bits per heavy atom. The van der Waals surface area contributed by atoms with E-state index in [4.69, 9.17) is 9.47 Å². The normalized spacial score (nSPS) is 15.1. The van der Waals surface area contributed by atoms with Crippen molar-refractivity contribution in [3.05, 3.63) is 45.6 Å². The molecule has 2 aromatic rings. The Bertz CT molecular complexity index is 948. The number of nitrogens with zero attached hydrogens (tertiary/aromatic N) is 1. The molecular weight excluding hydrogens is 378 g/mol. The van der Waals surface area contributed by atoms with E-state index in [-0.39, 0.29) is 5.75 Å². The van der Waals surface area contributed by atoms with Gasteiger partial charge in [-0.25, -0.2) is 8.42 Å². The van der Waals surface area contributed by atoms with Gasteiger partial charge in [0.1, 0.15) is 9.84 Å². The van der Waals surface area contributed by atoms with Crippen molar-refractivity contribution in [3.63, 3.8) is 0 Å². The summed E-state index contributed by atoms with van der Waals surface area (Å²) in [5.74, 6) is -0.513. The van der Waals surface area contributed by atoms with Crippen LogP contribution in [0.2, 0.25) is 0 Å². The maximum Gasteiger partial charge on any atom is 0.263 e. The van der Waals surface area contributed by atoms with Crippen LogP contribution in [0, 0.1) is 0 Å². The van der Waals surface area contributed by atoms with E-state index < -0.39 is 27.7 Å². The summed E-state index contributed by atoms with van der Waals surface area (Å²) in [5, 5.41) is 3.20. The summed E-state index contributed by atoms with van der Waals surface area (Å²) in [5.41, 5.74) is 1.08. The van der Waals surface area contributed by atoms with E-state index in [1.165, 1.54) is 25.6 Å². The Labute approximate surface area is 155 Å². The van der Waals surface area contributed by atoms with Gasteiger partial charge in [-0.05, 0) is 17.7 Å². The molecule has 0 bridgehead atoms. The molecule has 1 atom stereocenters. The average molecular weight is 395 g/mol. The van der Waals surface area contributed by atoms with Gasteiger partial charge in [-0.15, -0.1) is 0 Å². The number of rotatable bonds is 6. The van der Waals surface area contributed by atoms with Gasteiger partial charge < -0.3 is 9.47 Å². The lowest BCUT2D eigenvalue weighted by Crippen LogP contribution is -2.37. The fraction of sp³-hybridized carbons (Fsp3) is 0.294. The first-order valence-corrected chi connectivity index (χ1v) is 10.6. The lowest BCUT2D eigenvalue weighted by atomic mass is 10.1. The molecule has 9 heteroatoms. The van der Waals surface area contributed by atoms with Crippen LogP contribution in [-0.4, -0.2) is 51.4 Å². The largest absolute Gasteiger partial charge is 0.493 e. The Morgan fingerprint density at radius 3 is 2.12 bits per heavy atom. The third-order valence-corrected chi connectivity index (χ3v) is 5.79. The predicted molar refractivity (Wildman–Crippen MR) is 96.8 cm³/mol. The maximum absolute atomic E-state index is 12.7. The highest BCUT2D eigenvalue weighted by Crippen LogP contribution is 2.37. The van der Waals surface area contributed by atoms with E-state index in [0.717, 1.165) is 11.2 Å². The van der Waals surface area contributed by atoms with Gasteiger partial charge in [-0.2, -0.15) is 11.3 Å². The average Bonchev–Trinajstić information content (AvgIpc) is 3.16. The molecular formula is C17H17NO6S2. The summed E-state index contributed by atoms with van der Waals surface area (Å²) in [6.45, 7) is 0. The van der Waals surface area contributed by atoms with E-state index in [1.807, 2.05) is 0 Å². The monoisotopic (exact) mass is 395 g/mol. The number of fused-ring (bicyclic) bond motifs is 1. The molecule has 0 saturated heterocycles. The fourth-order valence-corrected chi connectivity index (χ4v) is 4.64. The first kappa shape index (κ1) is 18.4. The molecule has 0 aliphatic carbocycles. The van der Waals surface area contributed by atoms with Crippen LogP contribution in [0.5, 0.6) is 11.5 Å². The molecule has 26 heavy (non-hydrogen) atoms. The maximum atomic E-state index is 12.7. The minimum Gasteiger partial charge on any atom is -0.493 e. The van der Waals surface area contributed by atoms with Crippen molar-refractivity contribution < 1.29 is 27.5 Å². The number of sulfone groups is 1. The van der Waals surface area contributed by atoms with E-state index in [9.17, 15) is 18.0 Å². The Balaban J connectivity index is 2.09. The first-order valence-electron chi connectivity index (χ1n) is 7.60. The molecule has 1 aliphatic rings. The number of hydrogen-bond donors (Lipinski definition) is 0. The summed E-state index contributed by atoms with van der Waals surface area (Å²) in [6.07, 6.45) is 1.07. The second-order valence-electron chi connectivity index (χ2n) is 5.90. The zero-order valence-electron chi connectivity index (χ0n) is 14.4. The Kier molecular flexibility index (Phi) is 4.76. The third-order valence-electron chi connectivity index (χ3n) is 4.13. The number of carbonyl (C=O) groups excluding carboxylic acids is 2. The van der Waals surface area contributed by atoms with Gasteiger partial charge in [0.25, 0.3) is 11.8 Å². The van der Waals surface area contributed by atoms with Crippen LogP contribution < -0.4 is 9.47 Å². The molecule has 2 heterocycles. The number of imide groups is 1. The molecule has 1 aromatic heterocycles. The quantitative estimate of drug-likeness (QED) is 0.696. The highest BCUT2D eigenvalue weighted by atomic mass is 32.2. The lowest BCUT2D eigenvalue weighted by Gasteiger charge is -2.26. The molecule has 0 saturated carbocycles. The smallest absolute Gasteiger partial charge is 0.263 e. The SMILES string of the molecule is COc1ccc([C@@H](CS(C)(=O)=O)N2C(=O)c3cscc3C2=O)cc1OC. The summed E-state index contributed by atoms with van der Waals surface area (Å²) in [7, 11) is -0.539. The van der Waals surface area contributed by atoms with E-state index >= 15 is 0 Å². The van der Waals surface area contributed by atoms with Crippen molar-refractivity contribution in [1.29, 1.82) is 0 Å². The van der Waals surface area contributed by atoms with Crippen LogP contribution >= 0.6 is 11.3 Å². The number of hydrogen-bond acceptors (Lipinski definition) is 7. The minimum atomic E-state index is -3.48. The molecule has 1 aliphatic heterocycles. The molecule has 3 rings (SSSR count). The Hall–Kier alpha value is -2.39. The number of ether oxygens (including phenoxy) is 2. The van der Waals surface area contributed by atoms with Crippen molar-refractivity contribution >= 4 is 33.0 Å². The van der Waals surface area contributed by atoms with Crippen LogP contribution in [0.3, 0.4) is 0 Å².